The Kier molecular flexibility index (Phi) is 36.9. The van der Waals surface area contributed by atoms with Crippen molar-refractivity contribution in [2.45, 2.75) is 270 Å². The predicted octanol–water partition coefficient (Wildman–Crippen LogP) is 13.0. The molecule has 0 aromatic heterocycles. The molecule has 0 aromatic carbocycles. The van der Waals surface area contributed by atoms with E-state index in [0.717, 1.165) is 102 Å². The minimum Gasteiger partial charge on any atom is -0.378 e. The molecular formula is C61H127N5O5. The van der Waals surface area contributed by atoms with Crippen LogP contribution in [0.25, 0.3) is 0 Å². The Labute approximate surface area is 444 Å². The van der Waals surface area contributed by atoms with Gasteiger partial charge in [-0.25, -0.2) is 0 Å². The van der Waals surface area contributed by atoms with Gasteiger partial charge in [-0.3, -0.25) is 19.6 Å². The Hall–Kier alpha value is -0.400. The SMILES string of the molecule is CC(C)CCOC1(C)CN(C(C)C)C1.CC(C)CCOC1CCCN(C(C)C)C1.CC(C)CCOC1CCN(C(C)C)C1.CC(C)CCOC1CCN(C(C)C)CC1.CC(C)CCOC1CN(C(C)C)C1. The van der Waals surface area contributed by atoms with Crippen LogP contribution in [0, 0.1) is 29.6 Å². The minimum atomic E-state index is 0.138. The molecule has 0 amide bonds. The maximum absolute atomic E-state index is 5.93. The van der Waals surface area contributed by atoms with Crippen LogP contribution in [0.5, 0.6) is 0 Å². The second-order valence-electron chi connectivity index (χ2n) is 26.0. The van der Waals surface area contributed by atoms with Gasteiger partial charge in [0, 0.05) is 122 Å². The first-order valence-corrected chi connectivity index (χ1v) is 30.1. The van der Waals surface area contributed by atoms with Crippen LogP contribution < -0.4 is 0 Å². The lowest BCUT2D eigenvalue weighted by molar-refractivity contribution is -0.143. The monoisotopic (exact) mass is 1010 g/mol. The molecule has 5 rings (SSSR count). The van der Waals surface area contributed by atoms with Crippen LogP contribution in [0.2, 0.25) is 0 Å². The molecule has 0 radical (unpaired) electrons. The van der Waals surface area contributed by atoms with Gasteiger partial charge in [0.05, 0.1) is 30.0 Å². The van der Waals surface area contributed by atoms with Gasteiger partial charge in [-0.1, -0.05) is 69.2 Å². The second kappa shape index (κ2) is 38.2. The molecule has 10 heteroatoms. The Morgan fingerprint density at radius 1 is 0.338 bits per heavy atom. The summed E-state index contributed by atoms with van der Waals surface area (Å²) in [6, 6.07) is 3.39. The molecule has 0 spiro atoms. The van der Waals surface area contributed by atoms with Crippen molar-refractivity contribution in [1.29, 1.82) is 0 Å². The van der Waals surface area contributed by atoms with E-state index in [1.165, 1.54) is 90.4 Å². The van der Waals surface area contributed by atoms with Gasteiger partial charge in [-0.05, 0) is 177 Å². The zero-order valence-electron chi connectivity index (χ0n) is 51.5. The topological polar surface area (TPSA) is 62.4 Å². The molecule has 0 saturated carbocycles. The molecule has 5 aliphatic rings. The fourth-order valence-electron chi connectivity index (χ4n) is 9.18. The summed E-state index contributed by atoms with van der Waals surface area (Å²) in [5, 5.41) is 0. The average Bonchev–Trinajstić information content (AvgIpc) is 3.73. The maximum atomic E-state index is 5.93. The van der Waals surface area contributed by atoms with Crippen molar-refractivity contribution in [2.75, 3.05) is 98.5 Å². The summed E-state index contributed by atoms with van der Waals surface area (Å²) in [5.74, 6) is 3.80. The van der Waals surface area contributed by atoms with Crippen molar-refractivity contribution < 1.29 is 23.7 Å². The Balaban J connectivity index is 0.000000444. The zero-order chi connectivity index (χ0) is 53.7. The number of hydrogen-bond acceptors (Lipinski definition) is 10. The molecule has 2 unspecified atom stereocenters. The van der Waals surface area contributed by atoms with Crippen molar-refractivity contribution in [1.82, 2.24) is 24.5 Å². The minimum absolute atomic E-state index is 0.138. The van der Waals surface area contributed by atoms with Crippen molar-refractivity contribution in [3.63, 3.8) is 0 Å². The van der Waals surface area contributed by atoms with E-state index in [9.17, 15) is 0 Å². The fourth-order valence-corrected chi connectivity index (χ4v) is 9.18. The summed E-state index contributed by atoms with van der Waals surface area (Å²) in [6.45, 7) is 63.6. The third-order valence-corrected chi connectivity index (χ3v) is 15.0. The fraction of sp³-hybridized carbons (Fsp3) is 1.00. The quantitative estimate of drug-likeness (QED) is 0.0884. The van der Waals surface area contributed by atoms with Crippen molar-refractivity contribution >= 4 is 0 Å². The van der Waals surface area contributed by atoms with Crippen LogP contribution >= 0.6 is 0 Å². The summed E-state index contributed by atoms with van der Waals surface area (Å²) in [5.41, 5.74) is 0.138. The van der Waals surface area contributed by atoms with E-state index >= 15 is 0 Å². The highest BCUT2D eigenvalue weighted by molar-refractivity contribution is 4.95. The van der Waals surface area contributed by atoms with E-state index in [-0.39, 0.29) is 5.60 Å². The van der Waals surface area contributed by atoms with Gasteiger partial charge in [0.2, 0.25) is 0 Å². The van der Waals surface area contributed by atoms with Crippen LogP contribution in [-0.2, 0) is 23.7 Å². The number of hydrogen-bond donors (Lipinski definition) is 0. The van der Waals surface area contributed by atoms with E-state index in [1.807, 2.05) is 0 Å². The van der Waals surface area contributed by atoms with E-state index in [4.69, 9.17) is 23.7 Å². The molecule has 0 aliphatic carbocycles. The standard InChI is InChI=1S/2C13H27NO.2C12H25NO.C11H23NO/c1-11(2)7-10-15-13-5-8-14(9-6-13)12(3)4;1-11(2)7-9-15-13-6-5-8-14(10-13)12(3)4;1-10(2)6-7-14-12(5)8-13(9-12)11(3)4;1-10(2)6-8-14-12-5-7-13(9-12)11(3)4;1-9(2)5-6-13-11-7-12(8-11)10(3)4/h2*11-13H,5-10H2,1-4H3;10-11H,6-9H2,1-5H3;10-12H,5-9H2,1-4H3;9-11H,5-8H2,1-4H3. The number of ether oxygens (including phenoxy) is 5. The van der Waals surface area contributed by atoms with Gasteiger partial charge in [0.1, 0.15) is 0 Å². The van der Waals surface area contributed by atoms with Crippen LogP contribution in [0.3, 0.4) is 0 Å². The third kappa shape index (κ3) is 33.4. The van der Waals surface area contributed by atoms with E-state index in [2.05, 4.69) is 170 Å². The summed E-state index contributed by atoms with van der Waals surface area (Å²) in [6.07, 6.45) is 14.2. The van der Waals surface area contributed by atoms with Gasteiger partial charge in [-0.15, -0.1) is 0 Å². The maximum Gasteiger partial charge on any atom is 0.0907 e. The normalized spacial score (nSPS) is 22.0. The Morgan fingerprint density at radius 2 is 0.648 bits per heavy atom. The summed E-state index contributed by atoms with van der Waals surface area (Å²) in [4.78, 5) is 12.5. The first kappa shape index (κ1) is 68.6. The molecule has 71 heavy (non-hydrogen) atoms. The van der Waals surface area contributed by atoms with Crippen molar-refractivity contribution in [3.05, 3.63) is 0 Å². The molecule has 0 aromatic rings. The molecule has 5 aliphatic heterocycles. The highest BCUT2D eigenvalue weighted by Crippen LogP contribution is 2.27. The average molecular weight is 1010 g/mol. The van der Waals surface area contributed by atoms with E-state index < -0.39 is 0 Å². The first-order chi connectivity index (χ1) is 33.3. The molecule has 0 N–H and O–H groups in total. The molecule has 5 saturated heterocycles. The van der Waals surface area contributed by atoms with Crippen LogP contribution in [0.4, 0.5) is 0 Å². The molecule has 0 bridgehead atoms. The lowest BCUT2D eigenvalue weighted by Crippen LogP contribution is -2.63. The lowest BCUT2D eigenvalue weighted by atomic mass is 9.94. The number of piperidine rings is 2. The van der Waals surface area contributed by atoms with Gasteiger partial charge < -0.3 is 28.6 Å². The predicted molar refractivity (Wildman–Crippen MR) is 307 cm³/mol. The number of likely N-dealkylation sites (tertiary alicyclic amines) is 5. The lowest BCUT2D eigenvalue weighted by Gasteiger charge is -2.49. The zero-order valence-corrected chi connectivity index (χ0v) is 51.5. The summed E-state index contributed by atoms with van der Waals surface area (Å²) in [7, 11) is 0. The molecule has 426 valence electrons. The first-order valence-electron chi connectivity index (χ1n) is 30.1. The van der Waals surface area contributed by atoms with Crippen LogP contribution in [0.1, 0.15) is 210 Å². The van der Waals surface area contributed by atoms with E-state index in [0.29, 0.717) is 54.6 Å². The number of rotatable bonds is 25. The molecular weight excluding hydrogens is 883 g/mol. The van der Waals surface area contributed by atoms with Crippen molar-refractivity contribution in [2.24, 2.45) is 29.6 Å². The smallest absolute Gasteiger partial charge is 0.0907 e. The van der Waals surface area contributed by atoms with Crippen LogP contribution in [-0.4, -0.2) is 183 Å². The molecule has 5 fully saturated rings. The molecule has 5 heterocycles. The Bertz CT molecular complexity index is 1220. The third-order valence-electron chi connectivity index (χ3n) is 15.0. The van der Waals surface area contributed by atoms with Gasteiger partial charge in [-0.2, -0.15) is 0 Å². The molecule has 2 atom stereocenters. The van der Waals surface area contributed by atoms with Crippen LogP contribution in [0.15, 0.2) is 0 Å². The summed E-state index contributed by atoms with van der Waals surface area (Å²) >= 11 is 0. The Morgan fingerprint density at radius 3 is 1.03 bits per heavy atom. The van der Waals surface area contributed by atoms with Gasteiger partial charge >= 0.3 is 0 Å². The van der Waals surface area contributed by atoms with Gasteiger partial charge in [0.15, 0.2) is 0 Å². The van der Waals surface area contributed by atoms with Gasteiger partial charge in [0.25, 0.3) is 0 Å². The van der Waals surface area contributed by atoms with Crippen molar-refractivity contribution in [3.8, 4) is 0 Å². The molecule has 10 nitrogen and oxygen atoms in total. The second-order valence-corrected chi connectivity index (χ2v) is 26.0. The largest absolute Gasteiger partial charge is 0.378 e. The highest BCUT2D eigenvalue weighted by Gasteiger charge is 2.40. The van der Waals surface area contributed by atoms with E-state index in [1.54, 1.807) is 0 Å². The summed E-state index contributed by atoms with van der Waals surface area (Å²) < 4.78 is 29.3. The highest BCUT2D eigenvalue weighted by atomic mass is 16.5. The number of nitrogens with zero attached hydrogens (tertiary/aromatic N) is 5.